The molecule has 1 N–H and O–H groups in total. The highest BCUT2D eigenvalue weighted by molar-refractivity contribution is 6.21. The third-order valence-corrected chi connectivity index (χ3v) is 3.61. The summed E-state index contributed by atoms with van der Waals surface area (Å²) in [6.45, 7) is 5.07. The number of hydrogen-bond acceptors (Lipinski definition) is 7. The molecule has 0 fully saturated rings. The highest BCUT2D eigenvalue weighted by Gasteiger charge is 2.39. The minimum Gasteiger partial charge on any atom is -0.444 e. The summed E-state index contributed by atoms with van der Waals surface area (Å²) in [6, 6.07) is 7.48. The second-order valence-electron chi connectivity index (χ2n) is 6.88. The zero-order chi connectivity index (χ0) is 20.5. The number of carbonyl (C=O) groups excluding carboxylic acids is 4. The summed E-state index contributed by atoms with van der Waals surface area (Å²) in [5.41, 5.74) is -0.550. The third kappa shape index (κ3) is 3.83. The summed E-state index contributed by atoms with van der Waals surface area (Å²) < 4.78 is 5.15. The summed E-state index contributed by atoms with van der Waals surface area (Å²) in [6.07, 6.45) is 1.71. The number of rotatable bonds is 3. The molecule has 0 unspecified atom stereocenters. The van der Waals surface area contributed by atoms with Gasteiger partial charge in [0.15, 0.2) is 0 Å². The Hall–Kier alpha value is -3.75. The Morgan fingerprint density at radius 2 is 1.64 bits per heavy atom. The summed E-state index contributed by atoms with van der Waals surface area (Å²) in [4.78, 5) is 57.9. The molecule has 0 atom stereocenters. The molecule has 2 heterocycles. The van der Waals surface area contributed by atoms with Crippen LogP contribution in [0.2, 0.25) is 0 Å². The van der Waals surface area contributed by atoms with E-state index in [2.05, 4.69) is 10.3 Å². The summed E-state index contributed by atoms with van der Waals surface area (Å²) in [5, 5.41) is 2.81. The fraction of sp³-hybridized carbons (Fsp3) is 0.211. The van der Waals surface area contributed by atoms with Gasteiger partial charge < -0.3 is 9.57 Å². The summed E-state index contributed by atoms with van der Waals surface area (Å²) >= 11 is 0. The minimum absolute atomic E-state index is 0.0610. The van der Waals surface area contributed by atoms with Gasteiger partial charge >= 0.3 is 12.1 Å². The van der Waals surface area contributed by atoms with Crippen LogP contribution in [0.25, 0.3) is 0 Å². The Balaban J connectivity index is 1.78. The predicted molar refractivity (Wildman–Crippen MR) is 96.5 cm³/mol. The molecule has 1 aromatic heterocycles. The van der Waals surface area contributed by atoms with E-state index in [0.29, 0.717) is 5.06 Å². The number of benzene rings is 1. The summed E-state index contributed by atoms with van der Waals surface area (Å²) in [7, 11) is 0. The standard InChI is InChI=1S/C19H17N3O6/c1-19(2,3)27-18(26)21-14-8-9-20-10-13(14)17(25)28-22-15(23)11-6-4-5-7-12(11)16(22)24/h4-10H,1-3H3,(H,20,21,26). The van der Waals surface area contributed by atoms with Crippen molar-refractivity contribution in [2.45, 2.75) is 26.4 Å². The first-order valence-electron chi connectivity index (χ1n) is 8.31. The largest absolute Gasteiger partial charge is 0.444 e. The van der Waals surface area contributed by atoms with Gasteiger partial charge in [-0.15, -0.1) is 0 Å². The smallest absolute Gasteiger partial charge is 0.412 e. The molecule has 0 saturated heterocycles. The van der Waals surface area contributed by atoms with Crippen LogP contribution in [0.3, 0.4) is 0 Å². The minimum atomic E-state index is -1.03. The van der Waals surface area contributed by atoms with E-state index in [1.54, 1.807) is 32.9 Å². The molecule has 0 saturated carbocycles. The maximum atomic E-state index is 12.5. The molecule has 9 nitrogen and oxygen atoms in total. The van der Waals surface area contributed by atoms with Crippen LogP contribution in [0.15, 0.2) is 42.7 Å². The van der Waals surface area contributed by atoms with Crippen LogP contribution >= 0.6 is 0 Å². The van der Waals surface area contributed by atoms with Gasteiger partial charge in [-0.25, -0.2) is 9.59 Å². The first-order valence-corrected chi connectivity index (χ1v) is 8.31. The number of aromatic nitrogens is 1. The number of hydrogen-bond donors (Lipinski definition) is 1. The topological polar surface area (TPSA) is 115 Å². The molecular formula is C19H17N3O6. The quantitative estimate of drug-likeness (QED) is 0.810. The Bertz CT molecular complexity index is 945. The molecule has 1 aromatic carbocycles. The van der Waals surface area contributed by atoms with Gasteiger partial charge in [-0.3, -0.25) is 19.9 Å². The van der Waals surface area contributed by atoms with E-state index in [1.165, 1.54) is 24.4 Å². The fourth-order valence-corrected chi connectivity index (χ4v) is 2.46. The zero-order valence-electron chi connectivity index (χ0n) is 15.4. The SMILES string of the molecule is CC(C)(C)OC(=O)Nc1ccncc1C(=O)ON1C(=O)c2ccccc2C1=O. The second kappa shape index (κ2) is 7.10. The van der Waals surface area contributed by atoms with Crippen molar-refractivity contribution in [3.63, 3.8) is 0 Å². The van der Waals surface area contributed by atoms with Crippen LogP contribution < -0.4 is 5.32 Å². The first-order chi connectivity index (χ1) is 13.2. The molecule has 28 heavy (non-hydrogen) atoms. The third-order valence-electron chi connectivity index (χ3n) is 3.61. The number of carbonyl (C=O) groups is 4. The van der Waals surface area contributed by atoms with E-state index in [4.69, 9.17) is 9.57 Å². The van der Waals surface area contributed by atoms with Crippen molar-refractivity contribution in [1.82, 2.24) is 10.0 Å². The van der Waals surface area contributed by atoms with Gasteiger partial charge in [-0.05, 0) is 39.0 Å². The number of pyridine rings is 1. The van der Waals surface area contributed by atoms with Gasteiger partial charge in [0.25, 0.3) is 11.8 Å². The summed E-state index contributed by atoms with van der Waals surface area (Å²) in [5.74, 6) is -2.53. The Morgan fingerprint density at radius 1 is 1.04 bits per heavy atom. The van der Waals surface area contributed by atoms with Crippen LogP contribution in [0.4, 0.5) is 10.5 Å². The van der Waals surface area contributed by atoms with Crippen molar-refractivity contribution < 1.29 is 28.8 Å². The molecule has 1 aliphatic rings. The van der Waals surface area contributed by atoms with E-state index >= 15 is 0 Å². The number of hydroxylamine groups is 2. The molecule has 0 bridgehead atoms. The second-order valence-corrected chi connectivity index (χ2v) is 6.88. The molecule has 144 valence electrons. The van der Waals surface area contributed by atoms with E-state index in [1.807, 2.05) is 0 Å². The average molecular weight is 383 g/mol. The Morgan fingerprint density at radius 3 is 2.21 bits per heavy atom. The van der Waals surface area contributed by atoms with Crippen LogP contribution in [0.1, 0.15) is 51.8 Å². The van der Waals surface area contributed by atoms with Gasteiger partial charge in [0.2, 0.25) is 0 Å². The van der Waals surface area contributed by atoms with Crippen molar-refractivity contribution in [1.29, 1.82) is 0 Å². The molecule has 1 aliphatic heterocycles. The van der Waals surface area contributed by atoms with Crippen molar-refractivity contribution in [2.75, 3.05) is 5.32 Å². The maximum Gasteiger partial charge on any atom is 0.412 e. The van der Waals surface area contributed by atoms with Gasteiger partial charge in [-0.1, -0.05) is 17.2 Å². The van der Waals surface area contributed by atoms with E-state index in [-0.39, 0.29) is 22.4 Å². The fourth-order valence-electron chi connectivity index (χ4n) is 2.46. The van der Waals surface area contributed by atoms with Crippen LogP contribution in [-0.4, -0.2) is 39.5 Å². The highest BCUT2D eigenvalue weighted by Crippen LogP contribution is 2.24. The van der Waals surface area contributed by atoms with Crippen LogP contribution in [0, 0.1) is 0 Å². The Kier molecular flexibility index (Phi) is 4.83. The molecule has 9 heteroatoms. The van der Waals surface area contributed by atoms with E-state index in [0.717, 1.165) is 6.20 Å². The van der Waals surface area contributed by atoms with Gasteiger partial charge in [0.05, 0.1) is 16.8 Å². The number of nitrogens with zero attached hydrogens (tertiary/aromatic N) is 2. The number of anilines is 1. The lowest BCUT2D eigenvalue weighted by atomic mass is 10.1. The monoisotopic (exact) mass is 383 g/mol. The van der Waals surface area contributed by atoms with Crippen molar-refractivity contribution in [3.8, 4) is 0 Å². The average Bonchev–Trinajstić information content (AvgIpc) is 2.86. The van der Waals surface area contributed by atoms with Gasteiger partial charge in [0, 0.05) is 12.4 Å². The highest BCUT2D eigenvalue weighted by atomic mass is 16.7. The van der Waals surface area contributed by atoms with Crippen LogP contribution in [0.5, 0.6) is 0 Å². The maximum absolute atomic E-state index is 12.5. The Labute approximate surface area is 160 Å². The van der Waals surface area contributed by atoms with Crippen molar-refractivity contribution in [2.24, 2.45) is 0 Å². The number of imide groups is 1. The molecule has 3 rings (SSSR count). The molecular weight excluding hydrogens is 366 g/mol. The van der Waals surface area contributed by atoms with Gasteiger partial charge in [-0.2, -0.15) is 0 Å². The lowest BCUT2D eigenvalue weighted by Crippen LogP contribution is -2.33. The lowest BCUT2D eigenvalue weighted by molar-refractivity contribution is -0.0584. The van der Waals surface area contributed by atoms with Gasteiger partial charge in [0.1, 0.15) is 11.2 Å². The molecule has 3 amide bonds. The van der Waals surface area contributed by atoms with Crippen molar-refractivity contribution >= 4 is 29.6 Å². The molecule has 0 aliphatic carbocycles. The number of ether oxygens (including phenoxy) is 1. The molecule has 0 spiro atoms. The molecule has 2 aromatic rings. The molecule has 0 radical (unpaired) electrons. The lowest BCUT2D eigenvalue weighted by Gasteiger charge is -2.20. The first kappa shape index (κ1) is 19.0. The number of fused-ring (bicyclic) bond motifs is 1. The number of amides is 3. The predicted octanol–water partition coefficient (Wildman–Crippen LogP) is 2.80. The normalized spacial score (nSPS) is 13.2. The van der Waals surface area contributed by atoms with E-state index < -0.39 is 29.5 Å². The van der Waals surface area contributed by atoms with E-state index in [9.17, 15) is 19.2 Å². The zero-order valence-corrected chi connectivity index (χ0v) is 15.4. The van der Waals surface area contributed by atoms with Crippen LogP contribution in [-0.2, 0) is 9.57 Å². The van der Waals surface area contributed by atoms with Crippen molar-refractivity contribution in [3.05, 3.63) is 59.4 Å². The number of nitrogens with one attached hydrogen (secondary N) is 1.